The Morgan fingerprint density at radius 1 is 1.05 bits per heavy atom. The number of ether oxygens (including phenoxy) is 2. The zero-order valence-electron chi connectivity index (χ0n) is 10.7. The Hall–Kier alpha value is -1.51. The largest absolute Gasteiger partial charge is 0.496 e. The molecule has 0 aromatic heterocycles. The molecule has 0 radical (unpaired) electrons. The lowest BCUT2D eigenvalue weighted by molar-refractivity contribution is 0.303. The first kappa shape index (κ1) is 14.9. The van der Waals surface area contributed by atoms with E-state index in [1.807, 2.05) is 24.3 Å². The second-order valence-electron chi connectivity index (χ2n) is 4.01. The lowest BCUT2D eigenvalue weighted by atomic mass is 10.2. The van der Waals surface area contributed by atoms with Crippen LogP contribution in [-0.2, 0) is 6.61 Å². The van der Waals surface area contributed by atoms with Gasteiger partial charge >= 0.3 is 0 Å². The van der Waals surface area contributed by atoms with Gasteiger partial charge in [0.25, 0.3) is 0 Å². The van der Waals surface area contributed by atoms with E-state index < -0.39 is 0 Å². The van der Waals surface area contributed by atoms with E-state index in [-0.39, 0.29) is 0 Å². The van der Waals surface area contributed by atoms with Gasteiger partial charge in [-0.15, -0.1) is 0 Å². The number of hydrogen-bond acceptors (Lipinski definition) is 3. The molecule has 0 amide bonds. The summed E-state index contributed by atoms with van der Waals surface area (Å²) in [5.41, 5.74) is 1.64. The van der Waals surface area contributed by atoms with Crippen LogP contribution in [0.3, 0.4) is 0 Å². The van der Waals surface area contributed by atoms with Crippen molar-refractivity contribution in [1.82, 2.24) is 0 Å². The summed E-state index contributed by atoms with van der Waals surface area (Å²) in [7, 11) is 1.61. The smallest absolute Gasteiger partial charge is 0.135 e. The molecule has 0 aliphatic carbocycles. The van der Waals surface area contributed by atoms with Crippen LogP contribution >= 0.6 is 31.9 Å². The predicted molar refractivity (Wildman–Crippen MR) is 83.9 cm³/mol. The number of rotatable bonds is 4. The van der Waals surface area contributed by atoms with Crippen molar-refractivity contribution in [2.24, 2.45) is 0 Å². The maximum absolute atomic E-state index is 8.75. The third-order valence-corrected chi connectivity index (χ3v) is 3.92. The van der Waals surface area contributed by atoms with Crippen LogP contribution in [0.1, 0.15) is 11.1 Å². The SMILES string of the molecule is COc1cc(Br)c(OCc2ccc(C#N)cc2)cc1Br. The second kappa shape index (κ2) is 6.78. The Kier molecular flexibility index (Phi) is 5.05. The van der Waals surface area contributed by atoms with Gasteiger partial charge in [0.1, 0.15) is 18.1 Å². The molecular weight excluding hydrogens is 386 g/mol. The minimum atomic E-state index is 0.434. The summed E-state index contributed by atoms with van der Waals surface area (Å²) in [4.78, 5) is 0. The molecule has 0 aliphatic rings. The molecule has 0 saturated heterocycles. The molecular formula is C15H11Br2NO2. The fourth-order valence-electron chi connectivity index (χ4n) is 1.61. The number of nitrogens with zero attached hydrogens (tertiary/aromatic N) is 1. The summed E-state index contributed by atoms with van der Waals surface area (Å²) >= 11 is 6.87. The Labute approximate surface area is 134 Å². The molecule has 0 aliphatic heterocycles. The first-order chi connectivity index (χ1) is 9.63. The van der Waals surface area contributed by atoms with Crippen LogP contribution in [0.2, 0.25) is 0 Å². The van der Waals surface area contributed by atoms with Crippen LogP contribution in [0.25, 0.3) is 0 Å². The highest BCUT2D eigenvalue weighted by atomic mass is 79.9. The van der Waals surface area contributed by atoms with E-state index in [1.165, 1.54) is 0 Å². The topological polar surface area (TPSA) is 42.2 Å². The van der Waals surface area contributed by atoms with E-state index >= 15 is 0 Å². The zero-order chi connectivity index (χ0) is 14.5. The highest BCUT2D eigenvalue weighted by molar-refractivity contribution is 9.11. The van der Waals surface area contributed by atoms with Gasteiger partial charge in [-0.05, 0) is 61.7 Å². The molecule has 20 heavy (non-hydrogen) atoms. The molecule has 0 atom stereocenters. The first-order valence-corrected chi connectivity index (χ1v) is 7.37. The van der Waals surface area contributed by atoms with Crippen molar-refractivity contribution >= 4 is 31.9 Å². The van der Waals surface area contributed by atoms with Crippen LogP contribution in [0.5, 0.6) is 11.5 Å². The minimum Gasteiger partial charge on any atom is -0.496 e. The number of halogens is 2. The first-order valence-electron chi connectivity index (χ1n) is 5.79. The van der Waals surface area contributed by atoms with Crippen molar-refractivity contribution in [2.75, 3.05) is 7.11 Å². The highest BCUT2D eigenvalue weighted by Gasteiger charge is 2.08. The van der Waals surface area contributed by atoms with Crippen LogP contribution in [-0.4, -0.2) is 7.11 Å². The minimum absolute atomic E-state index is 0.434. The van der Waals surface area contributed by atoms with E-state index in [9.17, 15) is 0 Å². The Morgan fingerprint density at radius 2 is 1.65 bits per heavy atom. The third kappa shape index (κ3) is 3.53. The predicted octanol–water partition coefficient (Wildman–Crippen LogP) is 4.67. The van der Waals surface area contributed by atoms with Crippen LogP contribution < -0.4 is 9.47 Å². The fourth-order valence-corrected chi connectivity index (χ4v) is 2.54. The van der Waals surface area contributed by atoms with Gasteiger partial charge in [0.15, 0.2) is 0 Å². The van der Waals surface area contributed by atoms with Crippen molar-refractivity contribution in [3.63, 3.8) is 0 Å². The maximum Gasteiger partial charge on any atom is 0.135 e. The van der Waals surface area contributed by atoms with Gasteiger partial charge in [-0.2, -0.15) is 5.26 Å². The Bertz CT molecular complexity index is 648. The molecule has 0 bridgehead atoms. The third-order valence-electron chi connectivity index (χ3n) is 2.68. The summed E-state index contributed by atoms with van der Waals surface area (Å²) in [5.74, 6) is 1.46. The molecule has 5 heteroatoms. The van der Waals surface area contributed by atoms with E-state index in [1.54, 1.807) is 19.2 Å². The van der Waals surface area contributed by atoms with Gasteiger partial charge < -0.3 is 9.47 Å². The lowest BCUT2D eigenvalue weighted by Crippen LogP contribution is -1.97. The molecule has 2 rings (SSSR count). The van der Waals surface area contributed by atoms with Gasteiger partial charge in [0.2, 0.25) is 0 Å². The van der Waals surface area contributed by atoms with E-state index in [2.05, 4.69) is 37.9 Å². The summed E-state index contributed by atoms with van der Waals surface area (Å²) in [6.45, 7) is 0.434. The lowest BCUT2D eigenvalue weighted by Gasteiger charge is -2.11. The van der Waals surface area contributed by atoms with Gasteiger partial charge in [-0.1, -0.05) is 12.1 Å². The number of benzene rings is 2. The molecule has 0 unspecified atom stereocenters. The standard InChI is InChI=1S/C15H11Br2NO2/c1-19-14-6-13(17)15(7-12(14)16)20-9-11-4-2-10(8-18)3-5-11/h2-7H,9H2,1H3. The highest BCUT2D eigenvalue weighted by Crippen LogP contribution is 2.36. The second-order valence-corrected chi connectivity index (χ2v) is 5.72. The number of hydrogen-bond donors (Lipinski definition) is 0. The van der Waals surface area contributed by atoms with Gasteiger partial charge in [0.05, 0.1) is 27.7 Å². The Balaban J connectivity index is 2.10. The average Bonchev–Trinajstić information content (AvgIpc) is 2.48. The summed E-state index contributed by atoms with van der Waals surface area (Å²) in [6, 6.07) is 13.1. The van der Waals surface area contributed by atoms with Crippen molar-refractivity contribution in [3.8, 4) is 17.6 Å². The fraction of sp³-hybridized carbons (Fsp3) is 0.133. The molecule has 0 fully saturated rings. The molecule has 0 heterocycles. The molecule has 0 N–H and O–H groups in total. The zero-order valence-corrected chi connectivity index (χ0v) is 13.9. The molecule has 102 valence electrons. The van der Waals surface area contributed by atoms with Gasteiger partial charge in [0, 0.05) is 0 Å². The molecule has 0 saturated carbocycles. The van der Waals surface area contributed by atoms with Crippen molar-refractivity contribution in [2.45, 2.75) is 6.61 Å². The van der Waals surface area contributed by atoms with Crippen molar-refractivity contribution in [3.05, 3.63) is 56.5 Å². The molecule has 2 aromatic rings. The summed E-state index contributed by atoms with van der Waals surface area (Å²) in [6.07, 6.45) is 0. The monoisotopic (exact) mass is 395 g/mol. The normalized spacial score (nSPS) is 9.90. The van der Waals surface area contributed by atoms with E-state index in [0.717, 1.165) is 26.0 Å². The van der Waals surface area contributed by atoms with Gasteiger partial charge in [-0.3, -0.25) is 0 Å². The molecule has 2 aromatic carbocycles. The molecule has 3 nitrogen and oxygen atoms in total. The molecule has 0 spiro atoms. The van der Waals surface area contributed by atoms with Crippen LogP contribution in [0.15, 0.2) is 45.3 Å². The van der Waals surface area contributed by atoms with Crippen LogP contribution in [0.4, 0.5) is 0 Å². The summed E-state index contributed by atoms with van der Waals surface area (Å²) < 4.78 is 12.6. The maximum atomic E-state index is 8.75. The van der Waals surface area contributed by atoms with Crippen molar-refractivity contribution < 1.29 is 9.47 Å². The van der Waals surface area contributed by atoms with Crippen molar-refractivity contribution in [1.29, 1.82) is 5.26 Å². The van der Waals surface area contributed by atoms with E-state index in [0.29, 0.717) is 12.2 Å². The number of methoxy groups -OCH3 is 1. The summed E-state index contributed by atoms with van der Waals surface area (Å²) in [5, 5.41) is 8.75. The van der Waals surface area contributed by atoms with Gasteiger partial charge in [-0.25, -0.2) is 0 Å². The number of nitriles is 1. The quantitative estimate of drug-likeness (QED) is 0.753. The average molecular weight is 397 g/mol. The van der Waals surface area contributed by atoms with Crippen LogP contribution in [0, 0.1) is 11.3 Å². The Morgan fingerprint density at radius 3 is 2.25 bits per heavy atom. The van der Waals surface area contributed by atoms with E-state index in [4.69, 9.17) is 14.7 Å².